The van der Waals surface area contributed by atoms with Crippen LogP contribution in [-0.2, 0) is 19.6 Å². The molecule has 1 aromatic heterocycles. The molecule has 0 spiro atoms. The Labute approximate surface area is 93.5 Å². The van der Waals surface area contributed by atoms with Crippen molar-refractivity contribution in [3.05, 3.63) is 47.3 Å². The van der Waals surface area contributed by atoms with Crippen LogP contribution in [0.5, 0.6) is 0 Å². The third-order valence-electron chi connectivity index (χ3n) is 3.12. The molecular weight excluding hydrogens is 202 g/mol. The number of aliphatic hydroxyl groups is 1. The van der Waals surface area contributed by atoms with E-state index >= 15 is 0 Å². The maximum absolute atomic E-state index is 8.90. The topological polar surface area (TPSA) is 50.9 Å². The number of aliphatic hydroxyl groups excluding tert-OH is 1. The number of benzene rings is 1. The van der Waals surface area contributed by atoms with E-state index in [1.54, 1.807) is 6.20 Å². The molecule has 1 heterocycles. The number of rotatable bonds is 3. The van der Waals surface area contributed by atoms with Crippen LogP contribution in [0, 0.1) is 0 Å². The lowest BCUT2D eigenvalue weighted by Crippen LogP contribution is -2.22. The SMILES string of the molecule is OCc1cn(CC2Cc3ccccc32)nn1. The summed E-state index contributed by atoms with van der Waals surface area (Å²) in [6, 6.07) is 8.50. The van der Waals surface area contributed by atoms with Crippen molar-refractivity contribution >= 4 is 0 Å². The fourth-order valence-electron chi connectivity index (χ4n) is 2.25. The van der Waals surface area contributed by atoms with Crippen LogP contribution in [0.4, 0.5) is 0 Å². The summed E-state index contributed by atoms with van der Waals surface area (Å²) in [5.41, 5.74) is 3.49. The van der Waals surface area contributed by atoms with E-state index in [0.717, 1.165) is 13.0 Å². The normalized spacial score (nSPS) is 17.9. The molecule has 0 saturated carbocycles. The molecule has 0 saturated heterocycles. The zero-order valence-electron chi connectivity index (χ0n) is 8.87. The summed E-state index contributed by atoms with van der Waals surface area (Å²) >= 11 is 0. The van der Waals surface area contributed by atoms with Gasteiger partial charge in [0, 0.05) is 12.5 Å². The Kier molecular flexibility index (Phi) is 2.22. The minimum Gasteiger partial charge on any atom is -0.390 e. The third kappa shape index (κ3) is 1.51. The number of hydrogen-bond acceptors (Lipinski definition) is 3. The van der Waals surface area contributed by atoms with Gasteiger partial charge >= 0.3 is 0 Å². The second kappa shape index (κ2) is 3.72. The maximum Gasteiger partial charge on any atom is 0.108 e. The highest BCUT2D eigenvalue weighted by molar-refractivity contribution is 5.39. The van der Waals surface area contributed by atoms with Crippen molar-refractivity contribution < 1.29 is 5.11 Å². The first-order valence-corrected chi connectivity index (χ1v) is 5.44. The van der Waals surface area contributed by atoms with E-state index in [1.807, 2.05) is 4.68 Å². The lowest BCUT2D eigenvalue weighted by molar-refractivity contribution is 0.276. The van der Waals surface area contributed by atoms with Gasteiger partial charge in [-0.3, -0.25) is 4.68 Å². The lowest BCUT2D eigenvalue weighted by atomic mass is 9.78. The molecule has 0 aliphatic heterocycles. The molecule has 1 aliphatic rings. The van der Waals surface area contributed by atoms with E-state index in [2.05, 4.69) is 34.6 Å². The monoisotopic (exact) mass is 215 g/mol. The van der Waals surface area contributed by atoms with E-state index in [0.29, 0.717) is 11.6 Å². The highest BCUT2D eigenvalue weighted by atomic mass is 16.3. The van der Waals surface area contributed by atoms with Gasteiger partial charge in [-0.25, -0.2) is 0 Å². The second-order valence-electron chi connectivity index (χ2n) is 4.19. The Hall–Kier alpha value is -1.68. The summed E-state index contributed by atoms with van der Waals surface area (Å²) in [5.74, 6) is 0.546. The maximum atomic E-state index is 8.90. The fourth-order valence-corrected chi connectivity index (χ4v) is 2.25. The van der Waals surface area contributed by atoms with Crippen LogP contribution in [0.1, 0.15) is 22.7 Å². The fraction of sp³-hybridized carbons (Fsp3) is 0.333. The molecule has 0 bridgehead atoms. The Morgan fingerprint density at radius 2 is 2.25 bits per heavy atom. The van der Waals surface area contributed by atoms with Crippen LogP contribution in [0.25, 0.3) is 0 Å². The van der Waals surface area contributed by atoms with Gasteiger partial charge in [-0.15, -0.1) is 5.10 Å². The van der Waals surface area contributed by atoms with Gasteiger partial charge in [0.1, 0.15) is 5.69 Å². The molecule has 16 heavy (non-hydrogen) atoms. The molecule has 0 amide bonds. The first-order chi connectivity index (χ1) is 7.86. The molecule has 2 aromatic rings. The van der Waals surface area contributed by atoms with Gasteiger partial charge in [-0.1, -0.05) is 29.5 Å². The molecule has 4 nitrogen and oxygen atoms in total. The minimum atomic E-state index is -0.0404. The van der Waals surface area contributed by atoms with Crippen molar-refractivity contribution in [3.8, 4) is 0 Å². The average molecular weight is 215 g/mol. The first-order valence-electron chi connectivity index (χ1n) is 5.44. The predicted molar refractivity (Wildman–Crippen MR) is 58.8 cm³/mol. The smallest absolute Gasteiger partial charge is 0.108 e. The Bertz CT molecular complexity index is 506. The first kappa shape index (κ1) is 9.54. The standard InChI is InChI=1S/C12H13N3O/c16-8-11-7-15(14-13-11)6-10-5-9-3-1-2-4-12(9)10/h1-4,7,10,16H,5-6,8H2. The van der Waals surface area contributed by atoms with E-state index in [4.69, 9.17) is 5.11 Å². The zero-order chi connectivity index (χ0) is 11.0. The molecule has 1 unspecified atom stereocenters. The molecule has 1 aliphatic carbocycles. The lowest BCUT2D eigenvalue weighted by Gasteiger charge is -2.29. The van der Waals surface area contributed by atoms with Gasteiger partial charge in [-0.05, 0) is 17.5 Å². The molecule has 1 atom stereocenters. The zero-order valence-corrected chi connectivity index (χ0v) is 8.87. The molecule has 0 radical (unpaired) electrons. The van der Waals surface area contributed by atoms with Crippen molar-refractivity contribution in [2.75, 3.05) is 0 Å². The van der Waals surface area contributed by atoms with Crippen LogP contribution >= 0.6 is 0 Å². The molecule has 4 heteroatoms. The van der Waals surface area contributed by atoms with Gasteiger partial charge in [-0.2, -0.15) is 0 Å². The van der Waals surface area contributed by atoms with Gasteiger partial charge in [0.25, 0.3) is 0 Å². The van der Waals surface area contributed by atoms with Crippen molar-refractivity contribution in [1.29, 1.82) is 0 Å². The second-order valence-corrected chi connectivity index (χ2v) is 4.19. The summed E-state index contributed by atoms with van der Waals surface area (Å²) in [6.07, 6.45) is 2.92. The van der Waals surface area contributed by atoms with Gasteiger partial charge < -0.3 is 5.11 Å². The molecule has 82 valence electrons. The van der Waals surface area contributed by atoms with Crippen LogP contribution in [0.2, 0.25) is 0 Å². The Morgan fingerprint density at radius 3 is 3.00 bits per heavy atom. The van der Waals surface area contributed by atoms with E-state index in [9.17, 15) is 0 Å². The predicted octanol–water partition coefficient (Wildman–Crippen LogP) is 1.11. The van der Waals surface area contributed by atoms with E-state index in [1.165, 1.54) is 11.1 Å². The molecule has 3 rings (SSSR count). The van der Waals surface area contributed by atoms with Crippen molar-refractivity contribution in [2.45, 2.75) is 25.5 Å². The minimum absolute atomic E-state index is 0.0404. The van der Waals surface area contributed by atoms with Crippen molar-refractivity contribution in [2.24, 2.45) is 0 Å². The van der Waals surface area contributed by atoms with Crippen molar-refractivity contribution in [3.63, 3.8) is 0 Å². The average Bonchev–Trinajstić information content (AvgIpc) is 2.74. The number of fused-ring (bicyclic) bond motifs is 1. The summed E-state index contributed by atoms with van der Waals surface area (Å²) in [4.78, 5) is 0. The van der Waals surface area contributed by atoms with Gasteiger partial charge in [0.05, 0.1) is 12.8 Å². The van der Waals surface area contributed by atoms with Crippen LogP contribution in [0.15, 0.2) is 30.5 Å². The largest absolute Gasteiger partial charge is 0.390 e. The van der Waals surface area contributed by atoms with Crippen LogP contribution in [0.3, 0.4) is 0 Å². The van der Waals surface area contributed by atoms with Crippen LogP contribution in [-0.4, -0.2) is 20.1 Å². The van der Waals surface area contributed by atoms with E-state index < -0.39 is 0 Å². The number of aromatic nitrogens is 3. The quantitative estimate of drug-likeness (QED) is 0.834. The van der Waals surface area contributed by atoms with E-state index in [-0.39, 0.29) is 6.61 Å². The molecule has 0 fully saturated rings. The Balaban J connectivity index is 1.74. The van der Waals surface area contributed by atoms with Gasteiger partial charge in [0.15, 0.2) is 0 Å². The van der Waals surface area contributed by atoms with Crippen molar-refractivity contribution in [1.82, 2.24) is 15.0 Å². The highest BCUT2D eigenvalue weighted by Gasteiger charge is 2.25. The summed E-state index contributed by atoms with van der Waals surface area (Å²) in [7, 11) is 0. The molecular formula is C12H13N3O. The summed E-state index contributed by atoms with van der Waals surface area (Å²) in [6.45, 7) is 0.811. The summed E-state index contributed by atoms with van der Waals surface area (Å²) < 4.78 is 1.81. The molecule has 1 N–H and O–H groups in total. The number of nitrogens with zero attached hydrogens (tertiary/aromatic N) is 3. The molecule has 1 aromatic carbocycles. The summed E-state index contributed by atoms with van der Waals surface area (Å²) in [5, 5.41) is 16.8. The number of hydrogen-bond donors (Lipinski definition) is 1. The third-order valence-corrected chi connectivity index (χ3v) is 3.12. The Morgan fingerprint density at radius 1 is 1.38 bits per heavy atom. The van der Waals surface area contributed by atoms with Gasteiger partial charge in [0.2, 0.25) is 0 Å². The van der Waals surface area contributed by atoms with Crippen LogP contribution < -0.4 is 0 Å². The highest BCUT2D eigenvalue weighted by Crippen LogP contribution is 2.35.